The van der Waals surface area contributed by atoms with Gasteiger partial charge in [0.2, 0.25) is 0 Å². The highest BCUT2D eigenvalue weighted by molar-refractivity contribution is 9.10. The lowest BCUT2D eigenvalue weighted by atomic mass is 10.2. The first-order chi connectivity index (χ1) is 5.75. The molecule has 2 nitrogen and oxygen atoms in total. The fourth-order valence-corrected chi connectivity index (χ4v) is 1.33. The van der Waals surface area contributed by atoms with Crippen LogP contribution in [0, 0.1) is 13.0 Å². The third kappa shape index (κ3) is 1.32. The Balaban J connectivity index is 2.79. The summed E-state index contributed by atoms with van der Waals surface area (Å²) in [4.78, 5) is 8.45. The van der Waals surface area contributed by atoms with Crippen molar-refractivity contribution in [3.8, 4) is 0 Å². The predicted molar refractivity (Wildman–Crippen MR) is 50.8 cm³/mol. The number of rotatable bonds is 0. The zero-order chi connectivity index (χ0) is 8.55. The molecule has 2 rings (SSSR count). The Labute approximate surface area is 78.8 Å². The molecule has 0 aliphatic rings. The Morgan fingerprint density at radius 2 is 2.25 bits per heavy atom. The maximum Gasteiger partial charge on any atom is 0.125 e. The maximum atomic E-state index is 4.24. The average molecular weight is 222 g/mol. The second kappa shape index (κ2) is 2.83. The van der Waals surface area contributed by atoms with E-state index < -0.39 is 0 Å². The molecule has 1 heterocycles. The maximum absolute atomic E-state index is 4.24. The highest BCUT2D eigenvalue weighted by Gasteiger charge is 1.96. The van der Waals surface area contributed by atoms with Crippen molar-refractivity contribution < 1.29 is 0 Å². The highest BCUT2D eigenvalue weighted by atomic mass is 79.9. The van der Waals surface area contributed by atoms with Gasteiger partial charge in [-0.15, -0.1) is 0 Å². The zero-order valence-electron chi connectivity index (χ0n) is 6.50. The van der Waals surface area contributed by atoms with Gasteiger partial charge in [-0.25, -0.2) is 4.98 Å². The number of aromatic nitrogens is 2. The van der Waals surface area contributed by atoms with Gasteiger partial charge in [-0.3, -0.25) is 4.98 Å². The number of hydrogen-bond donors (Lipinski definition) is 0. The SMILES string of the molecule is Cc1[c]cc2nc(Br)cnc2c1. The van der Waals surface area contributed by atoms with Crippen LogP contribution in [0.2, 0.25) is 0 Å². The summed E-state index contributed by atoms with van der Waals surface area (Å²) in [6.45, 7) is 1.99. The van der Waals surface area contributed by atoms with Crippen molar-refractivity contribution in [3.63, 3.8) is 0 Å². The van der Waals surface area contributed by atoms with Crippen molar-refractivity contribution in [1.82, 2.24) is 9.97 Å². The van der Waals surface area contributed by atoms with Crippen LogP contribution in [0.4, 0.5) is 0 Å². The van der Waals surface area contributed by atoms with Gasteiger partial charge < -0.3 is 0 Å². The van der Waals surface area contributed by atoms with Crippen molar-refractivity contribution in [2.45, 2.75) is 6.92 Å². The Kier molecular flexibility index (Phi) is 1.81. The van der Waals surface area contributed by atoms with Crippen molar-refractivity contribution >= 4 is 27.0 Å². The molecule has 0 aliphatic heterocycles. The van der Waals surface area contributed by atoms with Gasteiger partial charge in [-0.05, 0) is 46.6 Å². The number of fused-ring (bicyclic) bond motifs is 1. The molecule has 0 amide bonds. The summed E-state index contributed by atoms with van der Waals surface area (Å²) in [5.41, 5.74) is 2.86. The molecule has 1 aromatic heterocycles. The molecule has 0 saturated carbocycles. The van der Waals surface area contributed by atoms with Crippen molar-refractivity contribution in [1.29, 1.82) is 0 Å². The topological polar surface area (TPSA) is 25.8 Å². The van der Waals surface area contributed by atoms with E-state index in [2.05, 4.69) is 32.0 Å². The van der Waals surface area contributed by atoms with E-state index in [4.69, 9.17) is 0 Å². The van der Waals surface area contributed by atoms with E-state index >= 15 is 0 Å². The number of benzene rings is 1. The van der Waals surface area contributed by atoms with Gasteiger partial charge in [0, 0.05) is 0 Å². The molecule has 0 aliphatic carbocycles. The molecule has 1 radical (unpaired) electrons. The molecule has 0 spiro atoms. The first-order valence-corrected chi connectivity index (χ1v) is 4.35. The van der Waals surface area contributed by atoms with Gasteiger partial charge in [-0.2, -0.15) is 0 Å². The Bertz CT molecular complexity index is 385. The number of aryl methyl sites for hydroxylation is 1. The standard InChI is InChI=1S/C9H6BrN2/c1-6-2-3-7-8(4-6)11-5-9(10)12-7/h3-5H,1H3. The van der Waals surface area contributed by atoms with E-state index in [0.29, 0.717) is 0 Å². The van der Waals surface area contributed by atoms with E-state index in [-0.39, 0.29) is 0 Å². The fourth-order valence-electron chi connectivity index (χ4n) is 1.04. The first-order valence-electron chi connectivity index (χ1n) is 3.56. The fraction of sp³-hybridized carbons (Fsp3) is 0.111. The third-order valence-corrected chi connectivity index (χ3v) is 1.97. The summed E-state index contributed by atoms with van der Waals surface area (Å²) < 4.78 is 0.757. The van der Waals surface area contributed by atoms with Crippen LogP contribution in [0.1, 0.15) is 5.56 Å². The Hall–Kier alpha value is -0.960. The Morgan fingerprint density at radius 1 is 1.42 bits per heavy atom. The normalized spacial score (nSPS) is 10.5. The van der Waals surface area contributed by atoms with Crippen LogP contribution < -0.4 is 0 Å². The van der Waals surface area contributed by atoms with Crippen LogP contribution in [0.25, 0.3) is 11.0 Å². The third-order valence-electron chi connectivity index (χ3n) is 1.59. The Morgan fingerprint density at radius 3 is 3.08 bits per heavy atom. The van der Waals surface area contributed by atoms with E-state index in [0.717, 1.165) is 21.2 Å². The second-order valence-corrected chi connectivity index (χ2v) is 3.39. The molecule has 0 unspecified atom stereocenters. The van der Waals surface area contributed by atoms with Crippen LogP contribution in [-0.4, -0.2) is 9.97 Å². The first kappa shape index (κ1) is 7.68. The average Bonchev–Trinajstić information content (AvgIpc) is 2.05. The molecule has 3 heteroatoms. The summed E-state index contributed by atoms with van der Waals surface area (Å²) >= 11 is 3.26. The monoisotopic (exact) mass is 221 g/mol. The van der Waals surface area contributed by atoms with Gasteiger partial charge in [-0.1, -0.05) is 0 Å². The van der Waals surface area contributed by atoms with E-state index in [1.54, 1.807) is 6.20 Å². The molecule has 0 saturated heterocycles. The quantitative estimate of drug-likeness (QED) is 0.684. The largest absolute Gasteiger partial charge is 0.252 e. The van der Waals surface area contributed by atoms with Crippen LogP contribution >= 0.6 is 15.9 Å². The summed E-state index contributed by atoms with van der Waals surface area (Å²) in [6.07, 6.45) is 1.70. The van der Waals surface area contributed by atoms with Crippen LogP contribution in [0.3, 0.4) is 0 Å². The summed E-state index contributed by atoms with van der Waals surface area (Å²) in [7, 11) is 0. The second-order valence-electron chi connectivity index (χ2n) is 2.58. The molecule has 0 fully saturated rings. The van der Waals surface area contributed by atoms with E-state index in [9.17, 15) is 0 Å². The molecule has 0 bridgehead atoms. The van der Waals surface area contributed by atoms with Crippen LogP contribution in [0.5, 0.6) is 0 Å². The zero-order valence-corrected chi connectivity index (χ0v) is 8.09. The number of hydrogen-bond acceptors (Lipinski definition) is 2. The van der Waals surface area contributed by atoms with Gasteiger partial charge in [0.15, 0.2) is 0 Å². The van der Waals surface area contributed by atoms with Gasteiger partial charge in [0.1, 0.15) is 4.60 Å². The molecular weight excluding hydrogens is 216 g/mol. The lowest BCUT2D eigenvalue weighted by molar-refractivity contribution is 1.24. The van der Waals surface area contributed by atoms with Gasteiger partial charge in [0.05, 0.1) is 17.2 Å². The lowest BCUT2D eigenvalue weighted by Crippen LogP contribution is -1.84. The summed E-state index contributed by atoms with van der Waals surface area (Å²) in [5.74, 6) is 0. The number of nitrogens with zero attached hydrogens (tertiary/aromatic N) is 2. The molecule has 1 aromatic carbocycles. The van der Waals surface area contributed by atoms with Crippen molar-refractivity contribution in [3.05, 3.63) is 34.6 Å². The summed E-state index contributed by atoms with van der Waals surface area (Å²) in [5, 5.41) is 0. The van der Waals surface area contributed by atoms with Crippen LogP contribution in [0.15, 0.2) is 22.9 Å². The molecule has 59 valence electrons. The smallest absolute Gasteiger partial charge is 0.125 e. The minimum Gasteiger partial charge on any atom is -0.252 e. The van der Waals surface area contributed by atoms with Gasteiger partial charge >= 0.3 is 0 Å². The van der Waals surface area contributed by atoms with Crippen LogP contribution in [-0.2, 0) is 0 Å². The van der Waals surface area contributed by atoms with E-state index in [1.165, 1.54) is 0 Å². The number of halogens is 1. The predicted octanol–water partition coefficient (Wildman–Crippen LogP) is 2.50. The molecular formula is C9H6BrN2. The molecule has 12 heavy (non-hydrogen) atoms. The minimum absolute atomic E-state index is 0.757. The lowest BCUT2D eigenvalue weighted by Gasteiger charge is -1.96. The minimum atomic E-state index is 0.757. The molecule has 2 aromatic rings. The summed E-state index contributed by atoms with van der Waals surface area (Å²) in [6, 6.07) is 6.89. The van der Waals surface area contributed by atoms with Crippen molar-refractivity contribution in [2.24, 2.45) is 0 Å². The highest BCUT2D eigenvalue weighted by Crippen LogP contribution is 2.13. The molecule has 0 N–H and O–H groups in total. The molecule has 0 atom stereocenters. The van der Waals surface area contributed by atoms with Gasteiger partial charge in [0.25, 0.3) is 0 Å². The van der Waals surface area contributed by atoms with E-state index in [1.807, 2.05) is 19.1 Å². The van der Waals surface area contributed by atoms with Crippen molar-refractivity contribution in [2.75, 3.05) is 0 Å².